The summed E-state index contributed by atoms with van der Waals surface area (Å²) in [5.41, 5.74) is -3.31. The normalized spacial score (nSPS) is 19.6. The summed E-state index contributed by atoms with van der Waals surface area (Å²) in [4.78, 5) is 3.46. The van der Waals surface area contributed by atoms with Crippen LogP contribution < -0.4 is 0 Å². The highest BCUT2D eigenvalue weighted by molar-refractivity contribution is 5.95. The smallest absolute Gasteiger partial charge is 0.225 e. The molecular weight excluding hydrogens is 468 g/mol. The van der Waals surface area contributed by atoms with Crippen molar-refractivity contribution in [3.8, 4) is 0 Å². The lowest BCUT2D eigenvalue weighted by molar-refractivity contribution is -0.0498. The van der Waals surface area contributed by atoms with Gasteiger partial charge in [-0.25, -0.2) is 48.9 Å². The van der Waals surface area contributed by atoms with E-state index in [4.69, 9.17) is 0 Å². The molecule has 2 aromatic rings. The molecule has 0 saturated heterocycles. The van der Waals surface area contributed by atoms with E-state index in [1.165, 1.54) is 0 Å². The number of halogens is 10. The summed E-state index contributed by atoms with van der Waals surface area (Å²) in [6.45, 7) is 0. The van der Waals surface area contributed by atoms with Crippen LogP contribution in [-0.2, 0) is 4.74 Å². The second-order valence-electron chi connectivity index (χ2n) is 6.58. The molecule has 3 unspecified atom stereocenters. The standard InChI is InChI=1S/C18H9F10NO3/c19-8-6(9(20)13(24)16(27)12(8)23)4(30)1-3-2-5(31)32-18(29-3)7-10(21)14(25)17(28)15(26)11(7)22/h3-5,30-31H,1-2H2. The number of aliphatic imine (C=N–C) groups is 1. The minimum absolute atomic E-state index is 0.634. The molecule has 4 nitrogen and oxygen atoms in total. The quantitative estimate of drug-likeness (QED) is 0.397. The molecule has 2 aromatic carbocycles. The van der Waals surface area contributed by atoms with Crippen molar-refractivity contribution in [1.82, 2.24) is 0 Å². The molecule has 3 atom stereocenters. The molecule has 2 N–H and O–H groups in total. The Morgan fingerprint density at radius 2 is 1.12 bits per heavy atom. The highest BCUT2D eigenvalue weighted by Crippen LogP contribution is 2.33. The van der Waals surface area contributed by atoms with Crippen molar-refractivity contribution < 1.29 is 58.9 Å². The highest BCUT2D eigenvalue weighted by atomic mass is 19.2. The van der Waals surface area contributed by atoms with Crippen molar-refractivity contribution in [1.29, 1.82) is 0 Å². The lowest BCUT2D eigenvalue weighted by Gasteiger charge is -2.27. The van der Waals surface area contributed by atoms with E-state index < -0.39 is 106 Å². The molecule has 174 valence electrons. The second-order valence-corrected chi connectivity index (χ2v) is 6.58. The van der Waals surface area contributed by atoms with E-state index in [-0.39, 0.29) is 0 Å². The van der Waals surface area contributed by atoms with Crippen molar-refractivity contribution in [2.75, 3.05) is 0 Å². The van der Waals surface area contributed by atoms with Gasteiger partial charge in [-0.15, -0.1) is 0 Å². The molecule has 0 radical (unpaired) electrons. The number of hydrogen-bond donors (Lipinski definition) is 2. The molecule has 0 saturated carbocycles. The van der Waals surface area contributed by atoms with Crippen LogP contribution in [0.1, 0.15) is 30.1 Å². The molecule has 0 aliphatic carbocycles. The van der Waals surface area contributed by atoms with E-state index in [0.717, 1.165) is 0 Å². The Kier molecular flexibility index (Phi) is 6.38. The van der Waals surface area contributed by atoms with Crippen LogP contribution in [0.4, 0.5) is 43.9 Å². The van der Waals surface area contributed by atoms with Crippen molar-refractivity contribution in [2.45, 2.75) is 31.3 Å². The molecule has 0 spiro atoms. The van der Waals surface area contributed by atoms with Gasteiger partial charge in [-0.3, -0.25) is 0 Å². The number of hydrogen-bond acceptors (Lipinski definition) is 4. The molecule has 3 rings (SSSR count). The largest absolute Gasteiger partial charge is 0.448 e. The van der Waals surface area contributed by atoms with Gasteiger partial charge in [0.25, 0.3) is 0 Å². The summed E-state index contributed by atoms with van der Waals surface area (Å²) in [6.07, 6.45) is -6.05. The monoisotopic (exact) mass is 477 g/mol. The van der Waals surface area contributed by atoms with Crippen LogP contribution in [0.2, 0.25) is 0 Å². The van der Waals surface area contributed by atoms with Gasteiger partial charge < -0.3 is 14.9 Å². The average molecular weight is 477 g/mol. The number of aliphatic hydroxyl groups is 2. The summed E-state index contributed by atoms with van der Waals surface area (Å²) >= 11 is 0. The van der Waals surface area contributed by atoms with Crippen molar-refractivity contribution in [2.24, 2.45) is 4.99 Å². The van der Waals surface area contributed by atoms with E-state index in [1.807, 2.05) is 0 Å². The summed E-state index contributed by atoms with van der Waals surface area (Å²) < 4.78 is 140. The predicted octanol–water partition coefficient (Wildman–Crippen LogP) is 4.06. The van der Waals surface area contributed by atoms with E-state index in [9.17, 15) is 54.1 Å². The highest BCUT2D eigenvalue weighted by Gasteiger charge is 2.36. The van der Waals surface area contributed by atoms with Crippen LogP contribution in [0.15, 0.2) is 4.99 Å². The first kappa shape index (κ1) is 23.8. The second kappa shape index (κ2) is 8.58. The number of aliphatic hydroxyl groups excluding tert-OH is 2. The Morgan fingerprint density at radius 1 is 0.719 bits per heavy atom. The SMILES string of the molecule is OC1CC(CC(O)c2c(F)c(F)c(F)c(F)c2F)N=C(c2c(F)c(F)c(F)c(F)c2F)O1. The van der Waals surface area contributed by atoms with Gasteiger partial charge in [-0.2, -0.15) is 0 Å². The fourth-order valence-electron chi connectivity index (χ4n) is 3.01. The Morgan fingerprint density at radius 3 is 1.59 bits per heavy atom. The van der Waals surface area contributed by atoms with Crippen LogP contribution in [0, 0.1) is 58.2 Å². The first-order valence-corrected chi connectivity index (χ1v) is 8.50. The third-order valence-electron chi connectivity index (χ3n) is 4.52. The fraction of sp³-hybridized carbons (Fsp3) is 0.278. The zero-order valence-corrected chi connectivity index (χ0v) is 15.2. The van der Waals surface area contributed by atoms with Crippen LogP contribution in [0.25, 0.3) is 0 Å². The van der Waals surface area contributed by atoms with E-state index in [0.29, 0.717) is 0 Å². The Balaban J connectivity index is 2.01. The molecule has 14 heteroatoms. The van der Waals surface area contributed by atoms with Crippen molar-refractivity contribution >= 4 is 5.90 Å². The van der Waals surface area contributed by atoms with Gasteiger partial charge in [0.2, 0.25) is 23.8 Å². The van der Waals surface area contributed by atoms with Gasteiger partial charge in [-0.05, 0) is 0 Å². The molecule has 0 bridgehead atoms. The zero-order valence-electron chi connectivity index (χ0n) is 15.2. The molecule has 0 aromatic heterocycles. The van der Waals surface area contributed by atoms with Gasteiger partial charge in [0.1, 0.15) is 5.56 Å². The third-order valence-corrected chi connectivity index (χ3v) is 4.52. The Labute approximate surface area is 171 Å². The van der Waals surface area contributed by atoms with Gasteiger partial charge >= 0.3 is 0 Å². The first-order valence-electron chi connectivity index (χ1n) is 8.50. The topological polar surface area (TPSA) is 62.0 Å². The maximum absolute atomic E-state index is 14.0. The van der Waals surface area contributed by atoms with Gasteiger partial charge in [-0.1, -0.05) is 0 Å². The molecule has 32 heavy (non-hydrogen) atoms. The molecular formula is C18H9F10NO3. The van der Waals surface area contributed by atoms with Crippen LogP contribution in [0.3, 0.4) is 0 Å². The molecule has 1 aliphatic heterocycles. The first-order chi connectivity index (χ1) is 14.9. The van der Waals surface area contributed by atoms with Crippen LogP contribution >= 0.6 is 0 Å². The number of benzene rings is 2. The van der Waals surface area contributed by atoms with Crippen molar-refractivity contribution in [3.05, 3.63) is 69.3 Å². The minimum atomic E-state index is -2.49. The molecule has 0 amide bonds. The Hall–Kier alpha value is -2.87. The summed E-state index contributed by atoms with van der Waals surface area (Å²) in [5.74, 6) is -25.1. The summed E-state index contributed by atoms with van der Waals surface area (Å²) in [6, 6.07) is -1.56. The van der Waals surface area contributed by atoms with Gasteiger partial charge in [0.05, 0.1) is 17.7 Å². The predicted molar refractivity (Wildman–Crippen MR) is 84.1 cm³/mol. The number of rotatable bonds is 4. The zero-order chi connectivity index (χ0) is 24.1. The van der Waals surface area contributed by atoms with Gasteiger partial charge in [0.15, 0.2) is 46.5 Å². The lowest BCUT2D eigenvalue weighted by Crippen LogP contribution is -2.32. The Bertz CT molecular complexity index is 1070. The fourth-order valence-corrected chi connectivity index (χ4v) is 3.01. The van der Waals surface area contributed by atoms with Crippen molar-refractivity contribution in [3.63, 3.8) is 0 Å². The lowest BCUT2D eigenvalue weighted by atomic mass is 9.98. The molecule has 0 fully saturated rings. The molecule has 1 heterocycles. The summed E-state index contributed by atoms with van der Waals surface area (Å²) in [5, 5.41) is 19.7. The maximum Gasteiger partial charge on any atom is 0.225 e. The van der Waals surface area contributed by atoms with Crippen LogP contribution in [0.5, 0.6) is 0 Å². The third kappa shape index (κ3) is 3.88. The number of nitrogens with zero attached hydrogens (tertiary/aromatic N) is 1. The number of ether oxygens (including phenoxy) is 1. The van der Waals surface area contributed by atoms with Crippen LogP contribution in [-0.4, -0.2) is 28.4 Å². The van der Waals surface area contributed by atoms with Gasteiger partial charge in [0, 0.05) is 12.8 Å². The maximum atomic E-state index is 14.0. The minimum Gasteiger partial charge on any atom is -0.448 e. The average Bonchev–Trinajstić information content (AvgIpc) is 2.73. The van der Waals surface area contributed by atoms with E-state index in [2.05, 4.69) is 9.73 Å². The van der Waals surface area contributed by atoms with E-state index >= 15 is 0 Å². The summed E-state index contributed by atoms with van der Waals surface area (Å²) in [7, 11) is 0. The molecule has 1 aliphatic rings. The van der Waals surface area contributed by atoms with E-state index in [1.54, 1.807) is 0 Å².